The maximum atomic E-state index is 12.9. The summed E-state index contributed by atoms with van der Waals surface area (Å²) < 4.78 is 23.5. The van der Waals surface area contributed by atoms with Crippen molar-refractivity contribution in [3.8, 4) is 0 Å². The number of ether oxygens (including phenoxy) is 1. The minimum absolute atomic E-state index is 0.0114. The van der Waals surface area contributed by atoms with Gasteiger partial charge < -0.3 is 19.4 Å². The molecule has 0 bridgehead atoms. The summed E-state index contributed by atoms with van der Waals surface area (Å²) in [6, 6.07) is 5.19. The number of benzene rings is 1. The molecule has 8 nitrogen and oxygen atoms in total. The molecule has 26 heavy (non-hydrogen) atoms. The first-order valence-corrected chi connectivity index (χ1v) is 8.95. The van der Waals surface area contributed by atoms with Gasteiger partial charge in [-0.3, -0.25) is 9.59 Å². The third-order valence-corrected chi connectivity index (χ3v) is 4.44. The maximum Gasteiger partial charge on any atom is 0.277 e. The fraction of sp³-hybridized carbons (Fsp3) is 0.375. The lowest BCUT2D eigenvalue weighted by molar-refractivity contribution is -0.132. The van der Waals surface area contributed by atoms with Crippen LogP contribution in [0.15, 0.2) is 33.9 Å². The molecule has 2 amide bonds. The van der Waals surface area contributed by atoms with Crippen LogP contribution in [-0.4, -0.2) is 59.0 Å². The quantitative estimate of drug-likeness (QED) is 0.749. The number of amides is 2. The standard InChI is InChI=1S/C16H17FN4O4S/c17-12-3-1-11(2-4-12)15(23)18-9-13-19-20-16(25-13)26-10-14(22)21-5-7-24-8-6-21/h1-4H,5-10H2,(H,18,23). The van der Waals surface area contributed by atoms with Crippen LogP contribution in [0.2, 0.25) is 0 Å². The predicted molar refractivity (Wildman–Crippen MR) is 90.0 cm³/mol. The van der Waals surface area contributed by atoms with Gasteiger partial charge in [0.05, 0.1) is 25.5 Å². The van der Waals surface area contributed by atoms with Crippen molar-refractivity contribution < 1.29 is 23.1 Å². The molecule has 1 aliphatic heterocycles. The van der Waals surface area contributed by atoms with E-state index in [1.165, 1.54) is 24.3 Å². The van der Waals surface area contributed by atoms with Crippen LogP contribution in [0.25, 0.3) is 0 Å². The molecule has 1 saturated heterocycles. The van der Waals surface area contributed by atoms with Crippen molar-refractivity contribution >= 4 is 23.6 Å². The van der Waals surface area contributed by atoms with E-state index < -0.39 is 5.82 Å². The average molecular weight is 380 g/mol. The lowest BCUT2D eigenvalue weighted by atomic mass is 10.2. The first kappa shape index (κ1) is 18.3. The van der Waals surface area contributed by atoms with Crippen molar-refractivity contribution in [2.45, 2.75) is 11.8 Å². The van der Waals surface area contributed by atoms with Gasteiger partial charge in [0.15, 0.2) is 0 Å². The van der Waals surface area contributed by atoms with Gasteiger partial charge in [-0.05, 0) is 24.3 Å². The van der Waals surface area contributed by atoms with Gasteiger partial charge in [-0.25, -0.2) is 4.39 Å². The second kappa shape index (κ2) is 8.77. The van der Waals surface area contributed by atoms with E-state index in [0.29, 0.717) is 31.9 Å². The van der Waals surface area contributed by atoms with Crippen molar-refractivity contribution in [1.29, 1.82) is 0 Å². The third kappa shape index (κ3) is 5.02. The maximum absolute atomic E-state index is 12.9. The third-order valence-electron chi connectivity index (χ3n) is 3.64. The molecule has 0 saturated carbocycles. The monoisotopic (exact) mass is 380 g/mol. The van der Waals surface area contributed by atoms with E-state index >= 15 is 0 Å². The number of hydrogen-bond donors (Lipinski definition) is 1. The van der Waals surface area contributed by atoms with E-state index in [0.717, 1.165) is 11.8 Å². The first-order valence-electron chi connectivity index (χ1n) is 7.96. The summed E-state index contributed by atoms with van der Waals surface area (Å²) in [5.74, 6) is -0.375. The normalized spacial score (nSPS) is 14.3. The van der Waals surface area contributed by atoms with E-state index in [1.807, 2.05) is 0 Å². The molecule has 1 aliphatic rings. The molecule has 0 spiro atoms. The summed E-state index contributed by atoms with van der Waals surface area (Å²) >= 11 is 1.15. The van der Waals surface area contributed by atoms with E-state index in [-0.39, 0.29) is 35.2 Å². The molecule has 3 rings (SSSR count). The van der Waals surface area contributed by atoms with Gasteiger partial charge in [-0.1, -0.05) is 11.8 Å². The molecule has 1 fully saturated rings. The molecule has 0 atom stereocenters. The van der Waals surface area contributed by atoms with E-state index in [2.05, 4.69) is 15.5 Å². The molecule has 1 N–H and O–H groups in total. The average Bonchev–Trinajstić information content (AvgIpc) is 3.13. The van der Waals surface area contributed by atoms with Crippen molar-refractivity contribution in [2.24, 2.45) is 0 Å². The van der Waals surface area contributed by atoms with E-state index in [9.17, 15) is 14.0 Å². The highest BCUT2D eigenvalue weighted by atomic mass is 32.2. The highest BCUT2D eigenvalue weighted by Gasteiger charge is 2.18. The van der Waals surface area contributed by atoms with Crippen LogP contribution in [0, 0.1) is 5.82 Å². The zero-order valence-corrected chi connectivity index (χ0v) is 14.6. The van der Waals surface area contributed by atoms with Crippen LogP contribution in [0.4, 0.5) is 4.39 Å². The van der Waals surface area contributed by atoms with Gasteiger partial charge >= 0.3 is 0 Å². The SMILES string of the molecule is O=C(NCc1nnc(SCC(=O)N2CCOCC2)o1)c1ccc(F)cc1. The molecule has 1 aromatic carbocycles. The Balaban J connectivity index is 1.44. The molecule has 138 valence electrons. The zero-order chi connectivity index (χ0) is 18.4. The largest absolute Gasteiger partial charge is 0.414 e. The van der Waals surface area contributed by atoms with E-state index in [4.69, 9.17) is 9.15 Å². The molecular weight excluding hydrogens is 363 g/mol. The summed E-state index contributed by atoms with van der Waals surface area (Å²) in [7, 11) is 0. The van der Waals surface area contributed by atoms with Gasteiger partial charge in [-0.15, -0.1) is 10.2 Å². The number of morpholine rings is 1. The van der Waals surface area contributed by atoms with Crippen LogP contribution >= 0.6 is 11.8 Å². The zero-order valence-electron chi connectivity index (χ0n) is 13.8. The van der Waals surface area contributed by atoms with Gasteiger partial charge in [0.25, 0.3) is 11.1 Å². The smallest absolute Gasteiger partial charge is 0.277 e. The molecule has 1 aromatic heterocycles. The Hall–Kier alpha value is -2.46. The molecule has 2 aromatic rings. The highest BCUT2D eigenvalue weighted by molar-refractivity contribution is 7.99. The Morgan fingerprint density at radius 2 is 1.92 bits per heavy atom. The van der Waals surface area contributed by atoms with Crippen LogP contribution in [0.5, 0.6) is 0 Å². The van der Waals surface area contributed by atoms with Gasteiger partial charge in [0, 0.05) is 18.7 Å². The molecule has 0 unspecified atom stereocenters. The number of carbonyl (C=O) groups excluding carboxylic acids is 2. The van der Waals surface area contributed by atoms with Gasteiger partial charge in [0.1, 0.15) is 5.82 Å². The van der Waals surface area contributed by atoms with Crippen molar-refractivity contribution in [3.05, 3.63) is 41.5 Å². The summed E-state index contributed by atoms with van der Waals surface area (Å²) in [6.45, 7) is 2.32. The number of aromatic nitrogens is 2. The summed E-state index contributed by atoms with van der Waals surface area (Å²) in [5, 5.41) is 10.5. The number of halogens is 1. The van der Waals surface area contributed by atoms with Crippen LogP contribution in [0.1, 0.15) is 16.2 Å². The Morgan fingerprint density at radius 3 is 2.65 bits per heavy atom. The van der Waals surface area contributed by atoms with Gasteiger partial charge in [-0.2, -0.15) is 0 Å². The molecular formula is C16H17FN4O4S. The van der Waals surface area contributed by atoms with Gasteiger partial charge in [0.2, 0.25) is 11.8 Å². The second-order valence-corrected chi connectivity index (χ2v) is 6.36. The lowest BCUT2D eigenvalue weighted by Crippen LogP contribution is -2.41. The van der Waals surface area contributed by atoms with Crippen molar-refractivity contribution in [2.75, 3.05) is 32.1 Å². The first-order chi connectivity index (χ1) is 12.6. The summed E-state index contributed by atoms with van der Waals surface area (Å²) in [6.07, 6.45) is 0. The number of rotatable bonds is 6. The molecule has 0 aliphatic carbocycles. The summed E-state index contributed by atoms with van der Waals surface area (Å²) in [5.41, 5.74) is 0.330. The Morgan fingerprint density at radius 1 is 1.19 bits per heavy atom. The van der Waals surface area contributed by atoms with Crippen LogP contribution in [0.3, 0.4) is 0 Å². The van der Waals surface area contributed by atoms with Crippen LogP contribution in [-0.2, 0) is 16.1 Å². The number of thioether (sulfide) groups is 1. The van der Waals surface area contributed by atoms with E-state index in [1.54, 1.807) is 4.90 Å². The second-order valence-electron chi connectivity index (χ2n) is 5.43. The van der Waals surface area contributed by atoms with Crippen molar-refractivity contribution in [3.63, 3.8) is 0 Å². The van der Waals surface area contributed by atoms with Crippen LogP contribution < -0.4 is 5.32 Å². The lowest BCUT2D eigenvalue weighted by Gasteiger charge is -2.26. The number of nitrogens with zero attached hydrogens (tertiary/aromatic N) is 3. The predicted octanol–water partition coefficient (Wildman–Crippen LogP) is 1.09. The molecule has 0 radical (unpaired) electrons. The Bertz CT molecular complexity index is 762. The number of carbonyl (C=O) groups is 2. The fourth-order valence-electron chi connectivity index (χ4n) is 2.25. The highest BCUT2D eigenvalue weighted by Crippen LogP contribution is 2.17. The fourth-order valence-corrected chi connectivity index (χ4v) is 2.94. The summed E-state index contributed by atoms with van der Waals surface area (Å²) in [4.78, 5) is 25.7. The number of nitrogens with one attached hydrogen (secondary N) is 1. The number of hydrogen-bond acceptors (Lipinski definition) is 7. The minimum atomic E-state index is -0.410. The minimum Gasteiger partial charge on any atom is -0.414 e. The Kier molecular flexibility index (Phi) is 6.18. The van der Waals surface area contributed by atoms with Crippen molar-refractivity contribution in [1.82, 2.24) is 20.4 Å². The Labute approximate surface area is 153 Å². The molecule has 10 heteroatoms. The molecule has 2 heterocycles. The topological polar surface area (TPSA) is 97.6 Å².